The lowest BCUT2D eigenvalue weighted by Gasteiger charge is -2.41. The zero-order valence-electron chi connectivity index (χ0n) is 15.2. The van der Waals surface area contributed by atoms with E-state index in [0.717, 1.165) is 0 Å². The molecule has 0 aromatic heterocycles. The highest BCUT2D eigenvalue weighted by molar-refractivity contribution is 6.78. The number of esters is 1. The molecule has 0 bridgehead atoms. The van der Waals surface area contributed by atoms with E-state index in [9.17, 15) is 9.59 Å². The lowest BCUT2D eigenvalue weighted by Crippen LogP contribution is -2.49. The van der Waals surface area contributed by atoms with E-state index in [0.29, 0.717) is 28.6 Å². The van der Waals surface area contributed by atoms with E-state index < -0.39 is 14.3 Å². The van der Waals surface area contributed by atoms with Crippen molar-refractivity contribution in [3.8, 4) is 0 Å². The molecule has 0 aliphatic rings. The summed E-state index contributed by atoms with van der Waals surface area (Å²) in [7, 11) is -2.16. The van der Waals surface area contributed by atoms with Crippen LogP contribution in [0.2, 0.25) is 16.6 Å². The van der Waals surface area contributed by atoms with E-state index in [4.69, 9.17) is 9.16 Å². The van der Waals surface area contributed by atoms with E-state index in [1.54, 1.807) is 6.92 Å². The average Bonchev–Trinajstić information content (AvgIpc) is 2.39. The molecule has 0 saturated carbocycles. The van der Waals surface area contributed by atoms with Crippen LogP contribution >= 0.6 is 0 Å². The summed E-state index contributed by atoms with van der Waals surface area (Å²) in [5.74, 6) is -0.585. The first-order valence-electron chi connectivity index (χ1n) is 8.10. The molecule has 0 rings (SSSR count). The number of rotatable bonds is 9. The van der Waals surface area contributed by atoms with Crippen molar-refractivity contribution >= 4 is 20.3 Å². The van der Waals surface area contributed by atoms with Crippen molar-refractivity contribution in [2.24, 2.45) is 0 Å². The van der Waals surface area contributed by atoms with Crippen LogP contribution in [0.5, 0.6) is 0 Å². The zero-order chi connectivity index (χ0) is 17.5. The molecule has 0 N–H and O–H groups in total. The normalized spacial score (nSPS) is 11.9. The van der Waals surface area contributed by atoms with Crippen molar-refractivity contribution in [3.63, 3.8) is 0 Å². The van der Waals surface area contributed by atoms with Gasteiger partial charge in [0.2, 0.25) is 0 Å². The monoisotopic (exact) mass is 328 g/mol. The summed E-state index contributed by atoms with van der Waals surface area (Å²) in [6.07, 6.45) is 0.765. The summed E-state index contributed by atoms with van der Waals surface area (Å²) in [5.41, 5.74) is 1.49. The molecule has 0 heterocycles. The number of ether oxygens (including phenoxy) is 1. The molecule has 0 aliphatic heterocycles. The van der Waals surface area contributed by atoms with Gasteiger partial charge in [-0.15, -0.1) is 0 Å². The second-order valence-electron chi connectivity index (χ2n) is 6.81. The van der Waals surface area contributed by atoms with Crippen molar-refractivity contribution in [2.45, 2.75) is 77.9 Å². The maximum atomic E-state index is 12.2. The minimum absolute atomic E-state index is 0.172. The Bertz CT molecular complexity index is 378. The quantitative estimate of drug-likeness (QED) is 0.268. The predicted octanol–water partition coefficient (Wildman–Crippen LogP) is 4.60. The van der Waals surface area contributed by atoms with Gasteiger partial charge in [-0.2, -0.15) is 0 Å². The van der Waals surface area contributed by atoms with Crippen LogP contribution in [-0.2, 0) is 18.8 Å². The van der Waals surface area contributed by atoms with Crippen LogP contribution in [0.1, 0.15) is 61.3 Å². The third-order valence-corrected chi connectivity index (χ3v) is 10.1. The molecule has 0 amide bonds. The SMILES string of the molecule is C=C(C)C(=O)OCCCC(=O)O[Si](C(C)C)(C(C)C)C(C)C. The number of carbonyl (C=O) groups is 2. The van der Waals surface area contributed by atoms with Gasteiger partial charge in [-0.05, 0) is 30.0 Å². The molecule has 0 aromatic rings. The molecule has 0 unspecified atom stereocenters. The van der Waals surface area contributed by atoms with Crippen LogP contribution in [-0.4, -0.2) is 26.9 Å². The molecule has 0 saturated heterocycles. The van der Waals surface area contributed by atoms with E-state index in [1.807, 2.05) is 0 Å². The fourth-order valence-electron chi connectivity index (χ4n) is 3.11. The van der Waals surface area contributed by atoms with Crippen LogP contribution < -0.4 is 0 Å². The van der Waals surface area contributed by atoms with Gasteiger partial charge in [-0.3, -0.25) is 4.79 Å². The van der Waals surface area contributed by atoms with Gasteiger partial charge < -0.3 is 9.16 Å². The second-order valence-corrected chi connectivity index (χ2v) is 12.2. The van der Waals surface area contributed by atoms with Gasteiger partial charge in [0.1, 0.15) is 0 Å². The predicted molar refractivity (Wildman–Crippen MR) is 92.1 cm³/mol. The minimum Gasteiger partial charge on any atom is -0.518 e. The zero-order valence-corrected chi connectivity index (χ0v) is 16.2. The van der Waals surface area contributed by atoms with Crippen molar-refractivity contribution in [1.82, 2.24) is 0 Å². The Morgan fingerprint density at radius 3 is 1.82 bits per heavy atom. The lowest BCUT2D eigenvalue weighted by molar-refractivity contribution is -0.141. The van der Waals surface area contributed by atoms with Gasteiger partial charge >= 0.3 is 5.97 Å². The molecule has 0 fully saturated rings. The van der Waals surface area contributed by atoms with Crippen molar-refractivity contribution < 1.29 is 18.8 Å². The summed E-state index contributed by atoms with van der Waals surface area (Å²) in [6.45, 7) is 18.2. The van der Waals surface area contributed by atoms with E-state index in [-0.39, 0.29) is 19.0 Å². The van der Waals surface area contributed by atoms with E-state index >= 15 is 0 Å². The largest absolute Gasteiger partial charge is 0.518 e. The average molecular weight is 329 g/mol. The number of carbonyl (C=O) groups excluding carboxylic acids is 2. The van der Waals surface area contributed by atoms with Crippen LogP contribution in [0.15, 0.2) is 12.2 Å². The molecule has 0 atom stereocenters. The Kier molecular flexibility index (Phi) is 8.67. The Morgan fingerprint density at radius 2 is 1.45 bits per heavy atom. The summed E-state index contributed by atoms with van der Waals surface area (Å²) < 4.78 is 11.0. The van der Waals surface area contributed by atoms with Crippen molar-refractivity contribution in [1.29, 1.82) is 0 Å². The maximum absolute atomic E-state index is 12.2. The molecule has 4 nitrogen and oxygen atoms in total. The first kappa shape index (κ1) is 20.9. The third-order valence-electron chi connectivity index (χ3n) is 4.10. The number of hydrogen-bond donors (Lipinski definition) is 0. The fraction of sp³-hybridized carbons (Fsp3) is 0.765. The van der Waals surface area contributed by atoms with E-state index in [2.05, 4.69) is 48.1 Å². The molecule has 0 spiro atoms. The molecule has 0 radical (unpaired) electrons. The molecular formula is C17H32O4Si. The molecular weight excluding hydrogens is 296 g/mol. The minimum atomic E-state index is -2.16. The van der Waals surface area contributed by atoms with Gasteiger partial charge in [0.25, 0.3) is 14.3 Å². The highest BCUT2D eigenvalue weighted by atomic mass is 28.4. The Labute approximate surface area is 136 Å². The molecule has 0 aromatic carbocycles. The van der Waals surface area contributed by atoms with Crippen LogP contribution in [0.4, 0.5) is 0 Å². The van der Waals surface area contributed by atoms with Crippen molar-refractivity contribution in [2.75, 3.05) is 6.61 Å². The number of hydrogen-bond acceptors (Lipinski definition) is 4. The highest BCUT2D eigenvalue weighted by Crippen LogP contribution is 2.42. The van der Waals surface area contributed by atoms with Crippen LogP contribution in [0.3, 0.4) is 0 Å². The van der Waals surface area contributed by atoms with Gasteiger partial charge in [-0.25, -0.2) is 4.79 Å². The Hall–Kier alpha value is -1.10. The van der Waals surface area contributed by atoms with Gasteiger partial charge in [0.05, 0.1) is 6.61 Å². The molecule has 128 valence electrons. The van der Waals surface area contributed by atoms with E-state index in [1.165, 1.54) is 0 Å². The molecule has 0 aliphatic carbocycles. The Balaban J connectivity index is 4.54. The van der Waals surface area contributed by atoms with Gasteiger partial charge in [0, 0.05) is 12.0 Å². The van der Waals surface area contributed by atoms with Crippen LogP contribution in [0, 0.1) is 0 Å². The summed E-state index contributed by atoms with van der Waals surface area (Å²) in [6, 6.07) is 0. The lowest BCUT2D eigenvalue weighted by atomic mass is 10.3. The standard InChI is InChI=1S/C17H32O4Si/c1-12(2)17(19)20-11-9-10-16(18)21-22(13(3)4,14(5)6)15(7)8/h13-15H,1,9-11H2,2-8H3. The summed E-state index contributed by atoms with van der Waals surface area (Å²) in [5, 5.41) is 0. The first-order valence-corrected chi connectivity index (χ1v) is 10.2. The highest BCUT2D eigenvalue weighted by Gasteiger charge is 2.47. The fourth-order valence-corrected chi connectivity index (χ4v) is 8.31. The molecule has 5 heteroatoms. The summed E-state index contributed by atoms with van der Waals surface area (Å²) >= 11 is 0. The van der Waals surface area contributed by atoms with Gasteiger partial charge in [0.15, 0.2) is 0 Å². The van der Waals surface area contributed by atoms with Crippen LogP contribution in [0.25, 0.3) is 0 Å². The first-order chi connectivity index (χ1) is 10.1. The molecule has 22 heavy (non-hydrogen) atoms. The smallest absolute Gasteiger partial charge is 0.333 e. The van der Waals surface area contributed by atoms with Crippen molar-refractivity contribution in [3.05, 3.63) is 12.2 Å². The van der Waals surface area contributed by atoms with Gasteiger partial charge in [-0.1, -0.05) is 48.1 Å². The maximum Gasteiger partial charge on any atom is 0.333 e. The summed E-state index contributed by atoms with van der Waals surface area (Å²) in [4.78, 5) is 23.5. The second kappa shape index (κ2) is 9.13. The Morgan fingerprint density at radius 1 is 1.00 bits per heavy atom. The third kappa shape index (κ3) is 5.59. The topological polar surface area (TPSA) is 52.6 Å².